The van der Waals surface area contributed by atoms with Crippen LogP contribution in [0.5, 0.6) is 0 Å². The molecule has 0 radical (unpaired) electrons. The van der Waals surface area contributed by atoms with Crippen molar-refractivity contribution in [2.45, 2.75) is 51.3 Å². The van der Waals surface area contributed by atoms with Gasteiger partial charge in [-0.3, -0.25) is 9.48 Å². The van der Waals surface area contributed by atoms with Gasteiger partial charge in [0.1, 0.15) is 5.60 Å². The minimum atomic E-state index is -0.835. The second-order valence-electron chi connectivity index (χ2n) is 5.63. The Morgan fingerprint density at radius 3 is 3.05 bits per heavy atom. The Bertz CT molecular complexity index is 482. The van der Waals surface area contributed by atoms with Crippen LogP contribution in [-0.2, 0) is 22.5 Å². The van der Waals surface area contributed by atoms with Gasteiger partial charge < -0.3 is 15.2 Å². The van der Waals surface area contributed by atoms with Crippen molar-refractivity contribution in [3.63, 3.8) is 0 Å². The summed E-state index contributed by atoms with van der Waals surface area (Å²) in [7, 11) is 1.53. The second kappa shape index (κ2) is 5.93. The number of carbonyl (C=O) groups excluding carboxylic acids is 1. The molecule has 2 N–H and O–H groups in total. The van der Waals surface area contributed by atoms with E-state index in [9.17, 15) is 4.79 Å². The third-order valence-electron chi connectivity index (χ3n) is 3.94. The molecule has 1 aromatic rings. The maximum atomic E-state index is 12.2. The molecule has 6 heteroatoms. The van der Waals surface area contributed by atoms with Crippen LogP contribution in [0.4, 0.5) is 0 Å². The second-order valence-corrected chi connectivity index (χ2v) is 5.63. The Kier molecular flexibility index (Phi) is 4.45. The van der Waals surface area contributed by atoms with Crippen molar-refractivity contribution in [3.8, 4) is 0 Å². The van der Waals surface area contributed by atoms with Gasteiger partial charge in [-0.25, -0.2) is 0 Å². The smallest absolute Gasteiger partial charge is 0.252 e. The van der Waals surface area contributed by atoms with E-state index >= 15 is 0 Å². The number of nitrogens with zero attached hydrogens (tertiary/aromatic N) is 2. The summed E-state index contributed by atoms with van der Waals surface area (Å²) in [6.07, 6.45) is 4.65. The topological polar surface area (TPSA) is 76.4 Å². The van der Waals surface area contributed by atoms with Gasteiger partial charge in [-0.1, -0.05) is 0 Å². The summed E-state index contributed by atoms with van der Waals surface area (Å²) < 4.78 is 7.04. The monoisotopic (exact) mass is 281 g/mol. The number of fused-ring (bicyclic) bond motifs is 1. The maximum absolute atomic E-state index is 12.2. The fourth-order valence-electron chi connectivity index (χ4n) is 2.48. The number of hydrogen-bond donors (Lipinski definition) is 2. The molecule has 1 amide bonds. The lowest BCUT2D eigenvalue weighted by atomic mass is 9.92. The van der Waals surface area contributed by atoms with Crippen LogP contribution in [0, 0.1) is 0 Å². The first-order valence-corrected chi connectivity index (χ1v) is 7.01. The molecule has 1 aliphatic carbocycles. The van der Waals surface area contributed by atoms with Crippen LogP contribution >= 0.6 is 0 Å². The average molecular weight is 281 g/mol. The highest BCUT2D eigenvalue weighted by Crippen LogP contribution is 2.30. The molecule has 1 atom stereocenters. The van der Waals surface area contributed by atoms with Gasteiger partial charge >= 0.3 is 0 Å². The molecule has 0 bridgehead atoms. The lowest BCUT2D eigenvalue weighted by Gasteiger charge is -2.28. The van der Waals surface area contributed by atoms with Gasteiger partial charge in [0.15, 0.2) is 0 Å². The van der Waals surface area contributed by atoms with Crippen LogP contribution in [-0.4, -0.2) is 40.1 Å². The standard InChI is InChI=1S/C14H23N3O3/c1-14(2,20-3)13(19)16-11-5-4-6-12-10(11)9-15-17(12)7-8-18/h9,11,18H,4-8H2,1-3H3,(H,16,19). The minimum Gasteiger partial charge on any atom is -0.394 e. The number of aromatic nitrogens is 2. The first-order chi connectivity index (χ1) is 9.49. The van der Waals surface area contributed by atoms with Crippen molar-refractivity contribution in [1.82, 2.24) is 15.1 Å². The fourth-order valence-corrected chi connectivity index (χ4v) is 2.48. The van der Waals surface area contributed by atoms with Gasteiger partial charge in [-0.05, 0) is 33.1 Å². The minimum absolute atomic E-state index is 0.0203. The van der Waals surface area contributed by atoms with E-state index in [1.165, 1.54) is 7.11 Å². The van der Waals surface area contributed by atoms with E-state index in [1.807, 2.05) is 4.68 Å². The molecule has 0 aromatic carbocycles. The van der Waals surface area contributed by atoms with Crippen LogP contribution in [0.15, 0.2) is 6.20 Å². The first kappa shape index (κ1) is 15.0. The Morgan fingerprint density at radius 2 is 2.40 bits per heavy atom. The zero-order chi connectivity index (χ0) is 14.8. The summed E-state index contributed by atoms with van der Waals surface area (Å²) in [6.45, 7) is 4.07. The maximum Gasteiger partial charge on any atom is 0.252 e. The highest BCUT2D eigenvalue weighted by Gasteiger charge is 2.32. The number of carbonyl (C=O) groups is 1. The number of nitrogens with one attached hydrogen (secondary N) is 1. The molecule has 2 rings (SSSR count). The number of ether oxygens (including phenoxy) is 1. The summed E-state index contributed by atoms with van der Waals surface area (Å²) >= 11 is 0. The van der Waals surface area contributed by atoms with Crippen LogP contribution in [0.25, 0.3) is 0 Å². The molecule has 112 valence electrons. The van der Waals surface area contributed by atoms with E-state index in [2.05, 4.69) is 10.4 Å². The molecule has 1 aromatic heterocycles. The Morgan fingerprint density at radius 1 is 1.65 bits per heavy atom. The molecule has 0 fully saturated rings. The normalized spacial score (nSPS) is 18.7. The largest absolute Gasteiger partial charge is 0.394 e. The zero-order valence-electron chi connectivity index (χ0n) is 12.3. The number of hydrogen-bond acceptors (Lipinski definition) is 4. The van der Waals surface area contributed by atoms with Crippen molar-refractivity contribution < 1.29 is 14.6 Å². The van der Waals surface area contributed by atoms with Gasteiger partial charge in [0.05, 0.1) is 25.4 Å². The van der Waals surface area contributed by atoms with Crippen molar-refractivity contribution in [1.29, 1.82) is 0 Å². The van der Waals surface area contributed by atoms with Crippen molar-refractivity contribution in [3.05, 3.63) is 17.5 Å². The Labute approximate surface area is 119 Å². The molecule has 0 saturated heterocycles. The van der Waals surface area contributed by atoms with Crippen LogP contribution < -0.4 is 5.32 Å². The van der Waals surface area contributed by atoms with Crippen molar-refractivity contribution in [2.75, 3.05) is 13.7 Å². The van der Waals surface area contributed by atoms with E-state index in [-0.39, 0.29) is 18.6 Å². The lowest BCUT2D eigenvalue weighted by molar-refractivity contribution is -0.140. The van der Waals surface area contributed by atoms with Gasteiger partial charge in [0, 0.05) is 18.4 Å². The van der Waals surface area contributed by atoms with E-state index in [4.69, 9.17) is 9.84 Å². The Hall–Kier alpha value is -1.40. The molecule has 20 heavy (non-hydrogen) atoms. The summed E-state index contributed by atoms with van der Waals surface area (Å²) in [4.78, 5) is 12.2. The Balaban J connectivity index is 2.15. The molecule has 6 nitrogen and oxygen atoms in total. The molecular weight excluding hydrogens is 258 g/mol. The summed E-state index contributed by atoms with van der Waals surface area (Å²) in [6, 6.07) is -0.0203. The van der Waals surface area contributed by atoms with Crippen LogP contribution in [0.1, 0.15) is 44.0 Å². The zero-order valence-corrected chi connectivity index (χ0v) is 12.3. The van der Waals surface area contributed by atoms with Gasteiger partial charge in [0.2, 0.25) is 0 Å². The van der Waals surface area contributed by atoms with E-state index in [1.54, 1.807) is 20.0 Å². The van der Waals surface area contributed by atoms with E-state index in [0.717, 1.165) is 30.5 Å². The molecule has 0 saturated carbocycles. The molecule has 0 aliphatic heterocycles. The van der Waals surface area contributed by atoms with Gasteiger partial charge in [-0.2, -0.15) is 5.10 Å². The van der Waals surface area contributed by atoms with E-state index < -0.39 is 5.60 Å². The van der Waals surface area contributed by atoms with Gasteiger partial charge in [-0.15, -0.1) is 0 Å². The highest BCUT2D eigenvalue weighted by atomic mass is 16.5. The quantitative estimate of drug-likeness (QED) is 0.837. The first-order valence-electron chi connectivity index (χ1n) is 7.01. The third kappa shape index (κ3) is 2.86. The van der Waals surface area contributed by atoms with Crippen LogP contribution in [0.2, 0.25) is 0 Å². The SMILES string of the molecule is COC(C)(C)C(=O)NC1CCCc2c1cnn2CCO. The lowest BCUT2D eigenvalue weighted by Crippen LogP contribution is -2.45. The summed E-state index contributed by atoms with van der Waals surface area (Å²) in [5.41, 5.74) is 1.34. The number of aliphatic hydroxyl groups is 1. The van der Waals surface area contributed by atoms with Crippen molar-refractivity contribution >= 4 is 5.91 Å². The highest BCUT2D eigenvalue weighted by molar-refractivity contribution is 5.84. The molecule has 1 unspecified atom stereocenters. The predicted molar refractivity (Wildman–Crippen MR) is 74.2 cm³/mol. The fraction of sp³-hybridized carbons (Fsp3) is 0.714. The number of amides is 1. The van der Waals surface area contributed by atoms with E-state index in [0.29, 0.717) is 6.54 Å². The average Bonchev–Trinajstić information content (AvgIpc) is 2.84. The summed E-state index contributed by atoms with van der Waals surface area (Å²) in [5.74, 6) is -0.118. The third-order valence-corrected chi connectivity index (χ3v) is 3.94. The predicted octanol–water partition coefficient (Wildman–Crippen LogP) is 0.794. The summed E-state index contributed by atoms with van der Waals surface area (Å²) in [5, 5.41) is 16.4. The number of rotatable bonds is 5. The molecular formula is C14H23N3O3. The molecule has 1 heterocycles. The number of methoxy groups -OCH3 is 1. The van der Waals surface area contributed by atoms with Gasteiger partial charge in [0.25, 0.3) is 5.91 Å². The number of aliphatic hydroxyl groups excluding tert-OH is 1. The molecule has 0 spiro atoms. The van der Waals surface area contributed by atoms with Crippen molar-refractivity contribution in [2.24, 2.45) is 0 Å². The molecule has 1 aliphatic rings. The van der Waals surface area contributed by atoms with Crippen LogP contribution in [0.3, 0.4) is 0 Å².